The quantitative estimate of drug-likeness (QED) is 0.225. The van der Waals surface area contributed by atoms with Gasteiger partial charge in [0.1, 0.15) is 11.5 Å². The molecule has 0 aromatic heterocycles. The third-order valence-corrected chi connectivity index (χ3v) is 5.32. The summed E-state index contributed by atoms with van der Waals surface area (Å²) < 4.78 is 69.0. The molecule has 0 saturated carbocycles. The molecule has 4 N–H and O–H groups in total. The number of hydrogen-bond donors (Lipinski definition) is 4. The molecule has 2 amide bonds. The number of hydrogen-bond acceptors (Lipinski definition) is 8. The Morgan fingerprint density at radius 1 is 0.657 bits per heavy atom. The average molecular weight is 525 g/mol. The summed E-state index contributed by atoms with van der Waals surface area (Å²) in [4.78, 5) is 24.5. The highest BCUT2D eigenvalue weighted by Crippen LogP contribution is 2.23. The molecule has 0 saturated heterocycles. The zero-order valence-corrected chi connectivity index (χ0v) is 19.5. The van der Waals surface area contributed by atoms with Crippen LogP contribution in [0, 0.1) is 0 Å². The molecule has 0 aliphatic rings. The highest BCUT2D eigenvalue weighted by Gasteiger charge is 2.11. The summed E-state index contributed by atoms with van der Waals surface area (Å²) in [6.45, 7) is 0.538. The van der Waals surface area contributed by atoms with Crippen molar-refractivity contribution in [1.82, 2.24) is 10.6 Å². The van der Waals surface area contributed by atoms with E-state index in [-0.39, 0.29) is 36.1 Å². The van der Waals surface area contributed by atoms with Crippen molar-refractivity contribution >= 4 is 43.4 Å². The molecule has 12 nitrogen and oxygen atoms in total. The lowest BCUT2D eigenvalue weighted by atomic mass is 10.1. The van der Waals surface area contributed by atoms with E-state index in [1.807, 2.05) is 0 Å². The minimum absolute atomic E-state index is 0.0679. The van der Waals surface area contributed by atoms with E-state index in [0.717, 1.165) is 0 Å². The van der Waals surface area contributed by atoms with Crippen molar-refractivity contribution in [3.63, 3.8) is 0 Å². The van der Waals surface area contributed by atoms with Crippen LogP contribution in [-0.2, 0) is 20.8 Å². The van der Waals surface area contributed by atoms with Crippen molar-refractivity contribution < 1.29 is 43.9 Å². The second-order valence-electron chi connectivity index (χ2n) is 7.14. The van der Waals surface area contributed by atoms with E-state index in [4.69, 9.17) is 9.11 Å². The van der Waals surface area contributed by atoms with Crippen LogP contribution in [0.25, 0.3) is 10.8 Å². The molecule has 0 spiro atoms. The fraction of sp³-hybridized carbons (Fsp3) is 0.143. The van der Waals surface area contributed by atoms with E-state index in [2.05, 4.69) is 19.0 Å². The van der Waals surface area contributed by atoms with Gasteiger partial charge in [0.05, 0.1) is 0 Å². The number of fused-ring (bicyclic) bond motifs is 1. The van der Waals surface area contributed by atoms with Crippen LogP contribution in [0.4, 0.5) is 0 Å². The lowest BCUT2D eigenvalue weighted by Crippen LogP contribution is -2.29. The summed E-state index contributed by atoms with van der Waals surface area (Å²) in [6.07, 6.45) is 0.436. The number of amides is 2. The number of nitrogens with one attached hydrogen (secondary N) is 2. The van der Waals surface area contributed by atoms with Crippen LogP contribution in [-0.4, -0.2) is 50.8 Å². The summed E-state index contributed by atoms with van der Waals surface area (Å²) in [5, 5.41) is 6.63. The van der Waals surface area contributed by atoms with Gasteiger partial charge in [-0.2, -0.15) is 16.8 Å². The summed E-state index contributed by atoms with van der Waals surface area (Å²) in [6, 6.07) is 14.1. The lowest BCUT2D eigenvalue weighted by molar-refractivity contribution is 0.0951. The third-order valence-electron chi connectivity index (χ3n) is 4.52. The van der Waals surface area contributed by atoms with Crippen molar-refractivity contribution in [2.24, 2.45) is 0 Å². The zero-order valence-electron chi connectivity index (χ0n) is 17.9. The van der Waals surface area contributed by atoms with E-state index in [1.165, 1.54) is 36.4 Å². The number of benzene rings is 3. The van der Waals surface area contributed by atoms with Crippen molar-refractivity contribution in [2.75, 3.05) is 13.1 Å². The molecule has 0 fully saturated rings. The average Bonchev–Trinajstić information content (AvgIpc) is 2.76. The van der Waals surface area contributed by atoms with Gasteiger partial charge in [0.15, 0.2) is 0 Å². The highest BCUT2D eigenvalue weighted by molar-refractivity contribution is 7.81. The van der Waals surface area contributed by atoms with Gasteiger partial charge >= 0.3 is 20.8 Å². The zero-order chi connectivity index (χ0) is 25.6. The molecule has 0 unspecified atom stereocenters. The highest BCUT2D eigenvalue weighted by atomic mass is 32.3. The second-order valence-corrected chi connectivity index (χ2v) is 9.18. The minimum atomic E-state index is -4.65. The molecule has 14 heteroatoms. The predicted molar refractivity (Wildman–Crippen MR) is 124 cm³/mol. The van der Waals surface area contributed by atoms with Crippen molar-refractivity contribution in [3.05, 3.63) is 71.8 Å². The molecule has 0 bridgehead atoms. The number of rotatable bonds is 10. The van der Waals surface area contributed by atoms with Gasteiger partial charge in [-0.15, -0.1) is 0 Å². The van der Waals surface area contributed by atoms with E-state index in [9.17, 15) is 26.4 Å². The minimum Gasteiger partial charge on any atom is -0.362 e. The van der Waals surface area contributed by atoms with Gasteiger partial charge in [-0.05, 0) is 65.7 Å². The first kappa shape index (κ1) is 25.9. The number of carbonyl (C=O) groups is 2. The Balaban J connectivity index is 1.46. The molecule has 0 atom stereocenters. The lowest BCUT2D eigenvalue weighted by Gasteiger charge is -2.09. The van der Waals surface area contributed by atoms with Crippen LogP contribution in [0.3, 0.4) is 0 Å². The van der Waals surface area contributed by atoms with E-state index in [1.54, 1.807) is 24.3 Å². The molecule has 3 aromatic carbocycles. The van der Waals surface area contributed by atoms with Crippen LogP contribution in [0.15, 0.2) is 60.7 Å². The topological polar surface area (TPSA) is 185 Å². The fourth-order valence-electron chi connectivity index (χ4n) is 3.02. The molecule has 0 aliphatic heterocycles. The van der Waals surface area contributed by atoms with Crippen molar-refractivity contribution in [3.8, 4) is 11.5 Å². The Labute approximate surface area is 200 Å². The van der Waals surface area contributed by atoms with Crippen molar-refractivity contribution in [1.29, 1.82) is 0 Å². The first-order valence-corrected chi connectivity index (χ1v) is 12.7. The SMILES string of the molecule is O=C(NCCCNC(=O)c1ccc2cc(OS(=O)(=O)O)ccc2c1)c1ccc(OS(=O)(=O)O)cc1. The Morgan fingerprint density at radius 2 is 1.11 bits per heavy atom. The molecule has 186 valence electrons. The van der Waals surface area contributed by atoms with Crippen LogP contribution in [0.1, 0.15) is 27.1 Å². The second kappa shape index (κ2) is 10.7. The van der Waals surface area contributed by atoms with E-state index >= 15 is 0 Å². The van der Waals surface area contributed by atoms with E-state index in [0.29, 0.717) is 22.8 Å². The Morgan fingerprint density at radius 3 is 1.71 bits per heavy atom. The van der Waals surface area contributed by atoms with Gasteiger partial charge in [0.25, 0.3) is 11.8 Å². The van der Waals surface area contributed by atoms with Crippen LogP contribution >= 0.6 is 0 Å². The van der Waals surface area contributed by atoms with E-state index < -0.39 is 26.7 Å². The Hall–Kier alpha value is -3.72. The summed E-state index contributed by atoms with van der Waals surface area (Å²) in [5.74, 6) is -0.971. The van der Waals surface area contributed by atoms with Crippen molar-refractivity contribution in [2.45, 2.75) is 6.42 Å². The van der Waals surface area contributed by atoms with Crippen LogP contribution in [0.5, 0.6) is 11.5 Å². The first-order valence-electron chi connectivity index (χ1n) is 9.94. The maximum absolute atomic E-state index is 12.4. The molecular weight excluding hydrogens is 504 g/mol. The normalized spacial score (nSPS) is 11.6. The molecule has 3 aromatic rings. The first-order chi connectivity index (χ1) is 16.4. The predicted octanol–water partition coefficient (Wildman–Crippen LogP) is 1.75. The smallest absolute Gasteiger partial charge is 0.362 e. The summed E-state index contributed by atoms with van der Waals surface area (Å²) in [5.41, 5.74) is 0.621. The van der Waals surface area contributed by atoms with Gasteiger partial charge in [-0.1, -0.05) is 12.1 Å². The monoisotopic (exact) mass is 524 g/mol. The standard InChI is InChI=1S/C21H20N2O10S2/c24-20(14-4-7-18(8-5-14)32-34(26,27)28)22-10-1-11-23-21(25)17-3-2-16-13-19(33-35(29,30)31)9-6-15(16)12-17/h2-9,12-13H,1,10-11H2,(H,22,24)(H,23,25)(H,26,27,28)(H,29,30,31). The fourth-order valence-corrected chi connectivity index (χ4v) is 3.72. The van der Waals surface area contributed by atoms with Gasteiger partial charge < -0.3 is 19.0 Å². The Bertz CT molecular complexity index is 1450. The van der Waals surface area contributed by atoms with Gasteiger partial charge in [0.2, 0.25) is 0 Å². The molecule has 35 heavy (non-hydrogen) atoms. The third kappa shape index (κ3) is 8.22. The Kier molecular flexibility index (Phi) is 7.91. The maximum atomic E-state index is 12.4. The van der Waals surface area contributed by atoms with Gasteiger partial charge in [0, 0.05) is 24.2 Å². The molecule has 0 radical (unpaired) electrons. The summed E-state index contributed by atoms with van der Waals surface area (Å²) in [7, 11) is -9.28. The summed E-state index contributed by atoms with van der Waals surface area (Å²) >= 11 is 0. The largest absolute Gasteiger partial charge is 0.446 e. The van der Waals surface area contributed by atoms with Gasteiger partial charge in [-0.25, -0.2) is 0 Å². The molecule has 0 heterocycles. The maximum Gasteiger partial charge on any atom is 0.446 e. The molecule has 3 rings (SSSR count). The number of carbonyl (C=O) groups excluding carboxylic acids is 2. The van der Waals surface area contributed by atoms with Gasteiger partial charge in [-0.3, -0.25) is 18.7 Å². The van der Waals surface area contributed by atoms with Crippen LogP contribution < -0.4 is 19.0 Å². The van der Waals surface area contributed by atoms with Crippen LogP contribution in [0.2, 0.25) is 0 Å². The molecular formula is C21H20N2O10S2. The molecule has 0 aliphatic carbocycles.